The molecule has 1 aromatic heterocycles. The topological polar surface area (TPSA) is 482 Å². The Labute approximate surface area is 619 Å². The molecule has 6 rings (SSSR count). The fourth-order valence-electron chi connectivity index (χ4n) is 11.9. The first-order valence-electron chi connectivity index (χ1n) is 34.7. The standard InChI is InChI=1S/C72H98Cl2N18O13/c1-40(2)33-54(63(98)86-53(16-11-31-80-71(76)77)70(105)92-32-12-17-60(92)69(104)83-41(3)61(75)96)87-62(97)52(15-9-10-30-81-72(78-5)79-6)85-65(100)56(36-45-22-28-49(95)29-23-45)89-68(103)59(39-93)91-67(102)58(37-46-38-82-51-14-8-7-13-50(46)51)90-66(101)57(35-44-20-26-48(74)27-21-44)88-64(99)55(84-42(4)94)34-43-18-24-47(73)25-19-43/h7-8,13-14,18-29,38,40-41,52-60,82,93,95H,9-12,15-17,30-37,39H2,1-6H3,(H2,75,96)(H,83,104)(H,84,94)(H,85,100)(H,86,98)(H,87,97)(H,88,99)(H,89,103)(H,90,101)(H,91,102)(H4,76,77,80)(H2,78,79,81)/t41-,52-,53+,54+,55-,56+,57-,58-,59+,60+/m1/s1. The van der Waals surface area contributed by atoms with Crippen LogP contribution in [0.15, 0.2) is 113 Å². The van der Waals surface area contributed by atoms with Gasteiger partial charge in [-0.05, 0) is 129 Å². The number of halogens is 2. The summed E-state index contributed by atoms with van der Waals surface area (Å²) in [5.74, 6) is -8.93. The summed E-state index contributed by atoms with van der Waals surface area (Å²) in [7, 11) is 3.26. The number of benzene rings is 4. The number of phenols is 1. The van der Waals surface area contributed by atoms with Crippen molar-refractivity contribution in [2.45, 2.75) is 165 Å². The van der Waals surface area contributed by atoms with Crippen LogP contribution in [-0.2, 0) is 78.4 Å². The van der Waals surface area contributed by atoms with Crippen LogP contribution in [0, 0.1) is 5.92 Å². The molecule has 1 saturated heterocycles. The third kappa shape index (κ3) is 26.9. The predicted molar refractivity (Wildman–Crippen MR) is 398 cm³/mol. The number of phenolic OH excluding ortho intramolecular Hbond substituents is 1. The summed E-state index contributed by atoms with van der Waals surface area (Å²) in [5.41, 5.74) is 19.4. The molecular formula is C72H98Cl2N18O13. The number of nitrogens with zero attached hydrogens (tertiary/aromatic N) is 3. The molecule has 1 aliphatic rings. The van der Waals surface area contributed by atoms with Gasteiger partial charge >= 0.3 is 0 Å². The third-order valence-electron chi connectivity index (χ3n) is 17.4. The monoisotopic (exact) mass is 1490 g/mol. The maximum absolute atomic E-state index is 15.1. The van der Waals surface area contributed by atoms with Gasteiger partial charge in [0.1, 0.15) is 66.2 Å². The van der Waals surface area contributed by atoms with E-state index in [1.54, 1.807) is 107 Å². The van der Waals surface area contributed by atoms with Gasteiger partial charge in [0.05, 0.1) is 6.61 Å². The second-order valence-electron chi connectivity index (χ2n) is 26.1. The number of aromatic hydroxyl groups is 1. The Bertz CT molecular complexity index is 3860. The highest BCUT2D eigenvalue weighted by Crippen LogP contribution is 2.23. The maximum Gasteiger partial charge on any atom is 0.245 e. The highest BCUT2D eigenvalue weighted by Gasteiger charge is 2.40. The molecule has 33 heteroatoms. The molecule has 0 saturated carbocycles. The number of guanidine groups is 2. The van der Waals surface area contributed by atoms with Crippen LogP contribution in [0.3, 0.4) is 0 Å². The van der Waals surface area contributed by atoms with Crippen LogP contribution in [0.25, 0.3) is 10.9 Å². The second-order valence-corrected chi connectivity index (χ2v) is 27.0. The molecule has 4 aromatic carbocycles. The van der Waals surface area contributed by atoms with Gasteiger partial charge in [0.2, 0.25) is 65.0 Å². The third-order valence-corrected chi connectivity index (χ3v) is 17.9. The van der Waals surface area contributed by atoms with Crippen molar-refractivity contribution in [3.63, 3.8) is 0 Å². The molecule has 20 N–H and O–H groups in total. The van der Waals surface area contributed by atoms with Crippen LogP contribution in [0.2, 0.25) is 10.0 Å². The summed E-state index contributed by atoms with van der Waals surface area (Å²) in [6, 6.07) is 12.2. The van der Waals surface area contributed by atoms with E-state index >= 15 is 4.79 Å². The quantitative estimate of drug-likeness (QED) is 0.0144. The van der Waals surface area contributed by atoms with Crippen LogP contribution in [0.1, 0.15) is 101 Å². The normalized spacial score (nSPS) is 15.4. The highest BCUT2D eigenvalue weighted by atomic mass is 35.5. The molecule has 0 spiro atoms. The number of hydrogen-bond acceptors (Lipinski definition) is 15. The Morgan fingerprint density at radius 3 is 1.59 bits per heavy atom. The molecule has 0 aliphatic carbocycles. The molecular weight excluding hydrogens is 1400 g/mol. The van der Waals surface area contributed by atoms with Gasteiger partial charge in [0, 0.05) is 93.5 Å². The van der Waals surface area contributed by atoms with Crippen molar-refractivity contribution in [1.29, 1.82) is 0 Å². The highest BCUT2D eigenvalue weighted by molar-refractivity contribution is 6.30. The van der Waals surface area contributed by atoms with Gasteiger partial charge < -0.3 is 95.8 Å². The van der Waals surface area contributed by atoms with Crippen LogP contribution >= 0.6 is 23.2 Å². The number of likely N-dealkylation sites (tertiary alicyclic amines) is 1. The zero-order chi connectivity index (χ0) is 76.9. The maximum atomic E-state index is 15.1. The fraction of sp³-hybridized carbons (Fsp3) is 0.458. The Morgan fingerprint density at radius 1 is 0.590 bits per heavy atom. The van der Waals surface area contributed by atoms with Crippen molar-refractivity contribution >= 4 is 111 Å². The zero-order valence-electron chi connectivity index (χ0n) is 59.7. The number of amides is 11. The number of fused-ring (bicyclic) bond motifs is 1. The predicted octanol–water partition coefficient (Wildman–Crippen LogP) is 0.387. The minimum absolute atomic E-state index is 0.00120. The van der Waals surface area contributed by atoms with E-state index in [1.165, 1.54) is 43.0 Å². The summed E-state index contributed by atoms with van der Waals surface area (Å²) in [4.78, 5) is 169. The molecule has 0 radical (unpaired) electrons. The van der Waals surface area contributed by atoms with Crippen LogP contribution in [0.5, 0.6) is 5.75 Å². The number of unbranched alkanes of at least 4 members (excludes halogenated alkanes) is 1. The summed E-state index contributed by atoms with van der Waals surface area (Å²) in [6.07, 6.45) is 2.49. The lowest BCUT2D eigenvalue weighted by molar-refractivity contribution is -0.142. The van der Waals surface area contributed by atoms with Crippen molar-refractivity contribution < 1.29 is 63.0 Å². The minimum atomic E-state index is -1.83. The molecule has 1 aliphatic heterocycles. The van der Waals surface area contributed by atoms with E-state index in [0.717, 1.165) is 0 Å². The molecule has 2 heterocycles. The average molecular weight is 1490 g/mol. The van der Waals surface area contributed by atoms with Crippen molar-refractivity contribution in [3.05, 3.63) is 136 Å². The van der Waals surface area contributed by atoms with Crippen LogP contribution in [0.4, 0.5) is 0 Å². The Morgan fingerprint density at radius 2 is 1.07 bits per heavy atom. The lowest BCUT2D eigenvalue weighted by Crippen LogP contribution is -2.61. The van der Waals surface area contributed by atoms with Gasteiger partial charge in [0.25, 0.3) is 0 Å². The first kappa shape index (κ1) is 83.4. The molecule has 568 valence electrons. The zero-order valence-corrected chi connectivity index (χ0v) is 61.2. The Hall–Kier alpha value is -10.5. The number of aliphatic hydroxyl groups is 1. The number of carbonyl (C=O) groups is 11. The average Bonchev–Trinajstić information content (AvgIpc) is 1.81. The van der Waals surface area contributed by atoms with Crippen LogP contribution < -0.4 is 75.7 Å². The summed E-state index contributed by atoms with van der Waals surface area (Å²) < 4.78 is 0. The number of carbonyl (C=O) groups excluding carboxylic acids is 11. The lowest BCUT2D eigenvalue weighted by Gasteiger charge is -2.31. The lowest BCUT2D eigenvalue weighted by atomic mass is 10.00. The number of rotatable bonds is 39. The number of nitrogens with one attached hydrogen (secondary N) is 12. The van der Waals surface area contributed by atoms with Crippen molar-refractivity contribution in [1.82, 2.24) is 68.4 Å². The largest absolute Gasteiger partial charge is 0.508 e. The summed E-state index contributed by atoms with van der Waals surface area (Å²) in [6.45, 7) is 5.75. The molecule has 5 aromatic rings. The number of aliphatic hydroxyl groups excluding tert-OH is 1. The number of aromatic nitrogens is 1. The second kappa shape index (κ2) is 41.7. The Balaban J connectivity index is 1.30. The number of aromatic amines is 1. The van der Waals surface area contributed by atoms with Gasteiger partial charge in [-0.2, -0.15) is 0 Å². The number of primary amides is 1. The van der Waals surface area contributed by atoms with E-state index in [-0.39, 0.29) is 94.9 Å². The van der Waals surface area contributed by atoms with Gasteiger partial charge in [0.15, 0.2) is 11.9 Å². The van der Waals surface area contributed by atoms with E-state index in [2.05, 4.69) is 73.5 Å². The molecule has 0 unspecified atom stereocenters. The van der Waals surface area contributed by atoms with Crippen molar-refractivity contribution in [3.8, 4) is 5.75 Å². The van der Waals surface area contributed by atoms with E-state index in [9.17, 15) is 58.2 Å². The number of H-pyrrole nitrogens is 1. The summed E-state index contributed by atoms with van der Waals surface area (Å²) in [5, 5.41) is 53.2. The van der Waals surface area contributed by atoms with Crippen molar-refractivity contribution in [2.75, 3.05) is 40.3 Å². The minimum Gasteiger partial charge on any atom is -0.508 e. The van der Waals surface area contributed by atoms with E-state index in [0.29, 0.717) is 68.5 Å². The molecule has 105 heavy (non-hydrogen) atoms. The number of hydrogen-bond donors (Lipinski definition) is 17. The number of aliphatic imine (C=N–C) groups is 2. The van der Waals surface area contributed by atoms with Gasteiger partial charge in [-0.25, -0.2) is 0 Å². The Kier molecular flexibility index (Phi) is 33.1. The van der Waals surface area contributed by atoms with E-state index < -0.39 is 132 Å². The molecule has 11 amide bonds. The van der Waals surface area contributed by atoms with Gasteiger partial charge in [-0.3, -0.25) is 62.7 Å². The number of nitrogens with two attached hydrogens (primary N) is 3. The first-order valence-corrected chi connectivity index (χ1v) is 35.5. The molecule has 10 atom stereocenters. The van der Waals surface area contributed by atoms with Crippen LogP contribution in [-0.4, -0.2) is 198 Å². The number of para-hydroxylation sites is 1. The smallest absolute Gasteiger partial charge is 0.245 e. The van der Waals surface area contributed by atoms with Gasteiger partial charge in [-0.1, -0.05) is 91.6 Å². The SMILES string of the molecule is CN=C(NC)NCCCC[C@@H](NC(=O)[C@H](Cc1ccc(O)cc1)NC(=O)[C@H](CO)NC(=O)[C@@H](Cc1c[nH]c2ccccc12)NC(=O)[C@@H](Cc1ccc(Cl)cc1)NC(=O)[C@@H](Cc1ccc(Cl)cc1)NC(C)=O)C(=O)N[C@@H](CC(C)C)C(=O)N[C@@H](CCCN=C(N)N)C(=O)N1CCC[C@H]1C(=O)N[C@H](C)C(N)=O. The molecule has 0 bridgehead atoms. The molecule has 1 fully saturated rings. The summed E-state index contributed by atoms with van der Waals surface area (Å²) >= 11 is 12.4. The van der Waals surface area contributed by atoms with Gasteiger partial charge in [-0.15, -0.1) is 0 Å². The fourth-order valence-corrected chi connectivity index (χ4v) is 12.1. The first-order chi connectivity index (χ1) is 50.0. The van der Waals surface area contributed by atoms with Crippen molar-refractivity contribution in [2.24, 2.45) is 33.1 Å². The van der Waals surface area contributed by atoms with E-state index in [1.807, 2.05) is 0 Å². The van der Waals surface area contributed by atoms with E-state index in [4.69, 9.17) is 40.4 Å². The molecule has 31 nitrogen and oxygen atoms in total.